The molecule has 17 heavy (non-hydrogen) atoms. The standard InChI is InChI=1S/C14H26O3/c1-9-5-6-12(10(2)14(15)16)13-8-17-7-3-4-11(9)13/h9-16H,3-8H2,1-2H3/t9?,10-,11+,12+,13?/m1/s1. The summed E-state index contributed by atoms with van der Waals surface area (Å²) in [4.78, 5) is 0. The van der Waals surface area contributed by atoms with E-state index in [0.29, 0.717) is 11.8 Å². The van der Waals surface area contributed by atoms with Crippen molar-refractivity contribution >= 4 is 0 Å². The third kappa shape index (κ3) is 2.83. The largest absolute Gasteiger partial charge is 0.381 e. The summed E-state index contributed by atoms with van der Waals surface area (Å²) in [6.45, 7) is 6.01. The second-order valence-electron chi connectivity index (χ2n) is 6.04. The average molecular weight is 242 g/mol. The third-order valence-corrected chi connectivity index (χ3v) is 5.07. The van der Waals surface area contributed by atoms with Crippen molar-refractivity contribution in [2.24, 2.45) is 29.6 Å². The van der Waals surface area contributed by atoms with Crippen LogP contribution >= 0.6 is 0 Å². The van der Waals surface area contributed by atoms with E-state index < -0.39 is 6.29 Å². The quantitative estimate of drug-likeness (QED) is 0.728. The fraction of sp³-hybridized carbons (Fsp3) is 1.00. The van der Waals surface area contributed by atoms with Crippen LogP contribution in [0.5, 0.6) is 0 Å². The summed E-state index contributed by atoms with van der Waals surface area (Å²) < 4.78 is 5.71. The Balaban J connectivity index is 2.11. The molecular weight excluding hydrogens is 216 g/mol. The van der Waals surface area contributed by atoms with Crippen molar-refractivity contribution in [3.8, 4) is 0 Å². The molecule has 2 N–H and O–H groups in total. The van der Waals surface area contributed by atoms with Crippen LogP contribution in [-0.4, -0.2) is 29.7 Å². The lowest BCUT2D eigenvalue weighted by Gasteiger charge is -2.43. The first-order chi connectivity index (χ1) is 8.11. The molecule has 0 bridgehead atoms. The lowest BCUT2D eigenvalue weighted by atomic mass is 9.63. The second kappa shape index (κ2) is 5.68. The molecule has 2 aliphatic rings. The molecule has 5 atom stereocenters. The molecule has 0 aromatic carbocycles. The highest BCUT2D eigenvalue weighted by Crippen LogP contribution is 2.45. The zero-order valence-electron chi connectivity index (χ0n) is 11.0. The van der Waals surface area contributed by atoms with Gasteiger partial charge in [-0.2, -0.15) is 0 Å². The molecule has 1 heterocycles. The molecule has 1 saturated heterocycles. The van der Waals surface area contributed by atoms with Gasteiger partial charge in [0, 0.05) is 19.1 Å². The molecule has 0 aromatic rings. The van der Waals surface area contributed by atoms with E-state index in [2.05, 4.69) is 6.92 Å². The predicted octanol–water partition coefficient (Wildman–Crippen LogP) is 2.02. The van der Waals surface area contributed by atoms with Gasteiger partial charge in [0.2, 0.25) is 0 Å². The maximum absolute atomic E-state index is 9.41. The number of hydrogen-bond donors (Lipinski definition) is 2. The first-order valence-corrected chi connectivity index (χ1v) is 7.05. The van der Waals surface area contributed by atoms with Crippen molar-refractivity contribution in [1.29, 1.82) is 0 Å². The molecule has 0 spiro atoms. The maximum atomic E-state index is 9.41. The van der Waals surface area contributed by atoms with Gasteiger partial charge in [0.05, 0.1) is 0 Å². The lowest BCUT2D eigenvalue weighted by Crippen LogP contribution is -2.41. The van der Waals surface area contributed by atoms with E-state index in [1.54, 1.807) is 0 Å². The van der Waals surface area contributed by atoms with Gasteiger partial charge in [-0.3, -0.25) is 0 Å². The minimum atomic E-state index is -1.18. The Morgan fingerprint density at radius 1 is 1.12 bits per heavy atom. The van der Waals surface area contributed by atoms with Crippen LogP contribution in [-0.2, 0) is 4.74 Å². The molecule has 0 aromatic heterocycles. The molecular formula is C14H26O3. The maximum Gasteiger partial charge on any atom is 0.154 e. The molecule has 2 rings (SSSR count). The van der Waals surface area contributed by atoms with Gasteiger partial charge in [-0.15, -0.1) is 0 Å². The molecule has 2 unspecified atom stereocenters. The van der Waals surface area contributed by atoms with Gasteiger partial charge in [0.1, 0.15) is 0 Å². The Morgan fingerprint density at radius 2 is 1.88 bits per heavy atom. The van der Waals surface area contributed by atoms with Gasteiger partial charge in [-0.05, 0) is 42.9 Å². The minimum Gasteiger partial charge on any atom is -0.381 e. The molecule has 1 aliphatic heterocycles. The summed E-state index contributed by atoms with van der Waals surface area (Å²) >= 11 is 0. The Bertz CT molecular complexity index is 242. The van der Waals surface area contributed by atoms with Gasteiger partial charge in [-0.1, -0.05) is 20.3 Å². The summed E-state index contributed by atoms with van der Waals surface area (Å²) in [5.41, 5.74) is 0. The van der Waals surface area contributed by atoms with E-state index >= 15 is 0 Å². The Morgan fingerprint density at radius 3 is 2.59 bits per heavy atom. The van der Waals surface area contributed by atoms with Gasteiger partial charge >= 0.3 is 0 Å². The van der Waals surface area contributed by atoms with E-state index in [1.807, 2.05) is 6.92 Å². The van der Waals surface area contributed by atoms with Crippen LogP contribution in [0.2, 0.25) is 0 Å². The smallest absolute Gasteiger partial charge is 0.154 e. The van der Waals surface area contributed by atoms with Crippen molar-refractivity contribution in [3.05, 3.63) is 0 Å². The van der Waals surface area contributed by atoms with Crippen LogP contribution in [0.4, 0.5) is 0 Å². The monoisotopic (exact) mass is 242 g/mol. The average Bonchev–Trinajstić information content (AvgIpc) is 2.54. The topological polar surface area (TPSA) is 49.7 Å². The van der Waals surface area contributed by atoms with E-state index in [0.717, 1.165) is 37.9 Å². The van der Waals surface area contributed by atoms with Crippen molar-refractivity contribution in [2.75, 3.05) is 13.2 Å². The van der Waals surface area contributed by atoms with Crippen LogP contribution in [0.25, 0.3) is 0 Å². The van der Waals surface area contributed by atoms with Crippen molar-refractivity contribution in [3.63, 3.8) is 0 Å². The molecule has 1 aliphatic carbocycles. The zero-order valence-corrected chi connectivity index (χ0v) is 11.0. The van der Waals surface area contributed by atoms with E-state index in [1.165, 1.54) is 12.8 Å². The van der Waals surface area contributed by atoms with E-state index in [-0.39, 0.29) is 5.92 Å². The van der Waals surface area contributed by atoms with E-state index in [9.17, 15) is 10.2 Å². The van der Waals surface area contributed by atoms with Crippen molar-refractivity contribution < 1.29 is 14.9 Å². The molecule has 2 fully saturated rings. The fourth-order valence-corrected chi connectivity index (χ4v) is 3.88. The molecule has 1 saturated carbocycles. The first kappa shape index (κ1) is 13.3. The van der Waals surface area contributed by atoms with Gasteiger partial charge in [0.25, 0.3) is 0 Å². The van der Waals surface area contributed by atoms with Crippen molar-refractivity contribution in [1.82, 2.24) is 0 Å². The van der Waals surface area contributed by atoms with E-state index in [4.69, 9.17) is 4.74 Å². The number of fused-ring (bicyclic) bond motifs is 1. The number of rotatable bonds is 2. The van der Waals surface area contributed by atoms with Gasteiger partial charge in [0.15, 0.2) is 6.29 Å². The highest BCUT2D eigenvalue weighted by Gasteiger charge is 2.41. The van der Waals surface area contributed by atoms with Gasteiger partial charge in [-0.25, -0.2) is 0 Å². The number of hydrogen-bond acceptors (Lipinski definition) is 3. The van der Waals surface area contributed by atoms with Gasteiger partial charge < -0.3 is 14.9 Å². The highest BCUT2D eigenvalue weighted by molar-refractivity contribution is 4.89. The Labute approximate surface area is 104 Å². The van der Waals surface area contributed by atoms with Crippen LogP contribution in [0, 0.1) is 29.6 Å². The van der Waals surface area contributed by atoms with Crippen LogP contribution in [0.3, 0.4) is 0 Å². The summed E-state index contributed by atoms with van der Waals surface area (Å²) in [6, 6.07) is 0. The molecule has 0 radical (unpaired) electrons. The number of ether oxygens (including phenoxy) is 1. The van der Waals surface area contributed by atoms with Crippen LogP contribution in [0.1, 0.15) is 39.5 Å². The molecule has 100 valence electrons. The predicted molar refractivity (Wildman–Crippen MR) is 66.3 cm³/mol. The summed E-state index contributed by atoms with van der Waals surface area (Å²) in [5, 5.41) is 18.8. The van der Waals surface area contributed by atoms with Crippen LogP contribution < -0.4 is 0 Å². The number of aliphatic hydroxyl groups excluding tert-OH is 1. The number of aliphatic hydroxyl groups is 2. The first-order valence-electron chi connectivity index (χ1n) is 7.05. The lowest BCUT2D eigenvalue weighted by molar-refractivity contribution is -0.119. The molecule has 3 nitrogen and oxygen atoms in total. The summed E-state index contributed by atoms with van der Waals surface area (Å²) in [7, 11) is 0. The SMILES string of the molecule is CC1CC[C@@H]([C@@H](C)C(O)O)C2COCCC[C@@H]12. The second-order valence-corrected chi connectivity index (χ2v) is 6.04. The summed E-state index contributed by atoms with van der Waals surface area (Å²) in [5.74, 6) is 2.39. The van der Waals surface area contributed by atoms with Crippen LogP contribution in [0.15, 0.2) is 0 Å². The summed E-state index contributed by atoms with van der Waals surface area (Å²) in [6.07, 6.45) is 3.57. The zero-order chi connectivity index (χ0) is 12.4. The normalized spacial score (nSPS) is 40.8. The highest BCUT2D eigenvalue weighted by atomic mass is 16.5. The molecule has 3 heteroatoms. The van der Waals surface area contributed by atoms with Crippen molar-refractivity contribution in [2.45, 2.75) is 45.8 Å². The Kier molecular flexibility index (Phi) is 4.45. The molecule has 0 amide bonds. The minimum absolute atomic E-state index is 0.0308. The fourth-order valence-electron chi connectivity index (χ4n) is 3.88. The Hall–Kier alpha value is -0.120. The third-order valence-electron chi connectivity index (χ3n) is 5.07.